The first-order valence-electron chi connectivity index (χ1n) is 6.87. The molecule has 0 spiro atoms. The lowest BCUT2D eigenvalue weighted by molar-refractivity contribution is -0.114. The van der Waals surface area contributed by atoms with E-state index in [1.54, 1.807) is 23.9 Å². The van der Waals surface area contributed by atoms with Gasteiger partial charge in [-0.2, -0.15) is 0 Å². The zero-order valence-corrected chi connectivity index (χ0v) is 14.5. The molecule has 2 aromatic carbocycles. The van der Waals surface area contributed by atoms with E-state index in [-0.39, 0.29) is 17.3 Å². The van der Waals surface area contributed by atoms with E-state index in [1.807, 2.05) is 30.5 Å². The lowest BCUT2D eigenvalue weighted by Crippen LogP contribution is -2.21. The van der Waals surface area contributed by atoms with Gasteiger partial charge in [0.1, 0.15) is 0 Å². The van der Waals surface area contributed by atoms with Gasteiger partial charge in [-0.25, -0.2) is 8.42 Å². The summed E-state index contributed by atoms with van der Waals surface area (Å²) >= 11 is 1.60. The van der Waals surface area contributed by atoms with Crippen LogP contribution >= 0.6 is 11.8 Å². The number of hydrogen-bond acceptors (Lipinski definition) is 5. The summed E-state index contributed by atoms with van der Waals surface area (Å²) in [4.78, 5) is 13.3. The summed E-state index contributed by atoms with van der Waals surface area (Å²) in [5.41, 5.74) is 1.46. The van der Waals surface area contributed by atoms with Crippen molar-refractivity contribution in [1.82, 2.24) is 0 Å². The highest BCUT2D eigenvalue weighted by Crippen LogP contribution is 2.24. The first-order chi connectivity index (χ1) is 10.9. The number of carbonyl (C=O) groups is 1. The molecule has 122 valence electrons. The van der Waals surface area contributed by atoms with Crippen LogP contribution in [0, 0.1) is 0 Å². The van der Waals surface area contributed by atoms with E-state index in [4.69, 9.17) is 0 Å². The van der Waals surface area contributed by atoms with Crippen LogP contribution in [0.2, 0.25) is 0 Å². The fourth-order valence-corrected chi connectivity index (χ4v) is 3.16. The van der Waals surface area contributed by atoms with Crippen molar-refractivity contribution in [2.45, 2.75) is 9.79 Å². The van der Waals surface area contributed by atoms with Crippen LogP contribution in [-0.4, -0.2) is 33.4 Å². The smallest absolute Gasteiger partial charge is 0.243 e. The van der Waals surface area contributed by atoms with Crippen LogP contribution in [0.15, 0.2) is 58.3 Å². The number of amides is 1. The Kier molecular flexibility index (Phi) is 5.68. The highest BCUT2D eigenvalue weighted by atomic mass is 32.2. The number of anilines is 2. The molecule has 0 heterocycles. The summed E-state index contributed by atoms with van der Waals surface area (Å²) < 4.78 is 22.8. The van der Waals surface area contributed by atoms with E-state index in [9.17, 15) is 13.2 Å². The second kappa shape index (κ2) is 7.52. The number of para-hydroxylation sites is 1. The zero-order valence-electron chi connectivity index (χ0n) is 12.9. The molecule has 0 radical (unpaired) electrons. The van der Waals surface area contributed by atoms with Gasteiger partial charge in [-0.05, 0) is 42.7 Å². The van der Waals surface area contributed by atoms with Gasteiger partial charge in [0.05, 0.1) is 11.4 Å². The van der Waals surface area contributed by atoms with Crippen molar-refractivity contribution >= 4 is 38.9 Å². The highest BCUT2D eigenvalue weighted by Gasteiger charge is 2.08. The largest absolute Gasteiger partial charge is 0.375 e. The molecule has 2 aromatic rings. The standard InChI is InChI=1S/C16H18N2O3S2/c1-22-15-6-4-3-5-14(15)17-11-16(19)18-12-7-9-13(10-8-12)23(2,20)21/h3-10,17H,11H2,1-2H3,(H,18,19). The van der Waals surface area contributed by atoms with Gasteiger partial charge in [-0.15, -0.1) is 11.8 Å². The van der Waals surface area contributed by atoms with Gasteiger partial charge in [0.25, 0.3) is 0 Å². The molecule has 2 N–H and O–H groups in total. The Bertz CT molecular complexity index is 787. The third-order valence-electron chi connectivity index (χ3n) is 3.11. The maximum atomic E-state index is 12.0. The maximum absolute atomic E-state index is 12.0. The molecular weight excluding hydrogens is 332 g/mol. The molecule has 0 atom stereocenters. The molecule has 0 aromatic heterocycles. The molecule has 0 aliphatic heterocycles. The van der Waals surface area contributed by atoms with Crippen LogP contribution in [0.25, 0.3) is 0 Å². The summed E-state index contributed by atoms with van der Waals surface area (Å²) in [5, 5.41) is 5.82. The predicted octanol–water partition coefficient (Wildman–Crippen LogP) is 2.86. The average Bonchev–Trinajstić information content (AvgIpc) is 2.53. The topological polar surface area (TPSA) is 75.3 Å². The molecule has 0 aliphatic rings. The Hall–Kier alpha value is -1.99. The molecule has 2 rings (SSSR count). The van der Waals surface area contributed by atoms with Crippen molar-refractivity contribution in [3.05, 3.63) is 48.5 Å². The van der Waals surface area contributed by atoms with Crippen LogP contribution < -0.4 is 10.6 Å². The SMILES string of the molecule is CSc1ccccc1NCC(=O)Nc1ccc(S(C)(=O)=O)cc1. The Balaban J connectivity index is 1.95. The lowest BCUT2D eigenvalue weighted by atomic mass is 10.3. The number of thioether (sulfide) groups is 1. The Morgan fingerprint density at radius 3 is 2.35 bits per heavy atom. The number of carbonyl (C=O) groups excluding carboxylic acids is 1. The predicted molar refractivity (Wildman–Crippen MR) is 94.9 cm³/mol. The minimum Gasteiger partial charge on any atom is -0.375 e. The second-order valence-electron chi connectivity index (χ2n) is 4.90. The van der Waals surface area contributed by atoms with Crippen LogP contribution in [0.4, 0.5) is 11.4 Å². The summed E-state index contributed by atoms with van der Waals surface area (Å²) in [5.74, 6) is -0.201. The molecule has 0 aliphatic carbocycles. The molecular formula is C16H18N2O3S2. The minimum atomic E-state index is -3.23. The van der Waals surface area contributed by atoms with Crippen LogP contribution in [0.3, 0.4) is 0 Å². The normalized spacial score (nSPS) is 11.0. The number of hydrogen-bond donors (Lipinski definition) is 2. The molecule has 0 unspecified atom stereocenters. The van der Waals surface area contributed by atoms with E-state index in [1.165, 1.54) is 12.1 Å². The molecule has 23 heavy (non-hydrogen) atoms. The van der Waals surface area contributed by atoms with Crippen LogP contribution in [0.5, 0.6) is 0 Å². The quantitative estimate of drug-likeness (QED) is 0.784. The minimum absolute atomic E-state index is 0.130. The molecule has 0 fully saturated rings. The molecule has 7 heteroatoms. The van der Waals surface area contributed by atoms with Crippen molar-refractivity contribution in [3.8, 4) is 0 Å². The fraction of sp³-hybridized carbons (Fsp3) is 0.188. The van der Waals surface area contributed by atoms with Crippen LogP contribution in [0.1, 0.15) is 0 Å². The van der Waals surface area contributed by atoms with E-state index in [2.05, 4.69) is 10.6 Å². The average molecular weight is 350 g/mol. The Morgan fingerprint density at radius 1 is 1.09 bits per heavy atom. The molecule has 1 amide bonds. The maximum Gasteiger partial charge on any atom is 0.243 e. The third-order valence-corrected chi connectivity index (χ3v) is 5.04. The summed E-state index contributed by atoms with van der Waals surface area (Å²) in [7, 11) is -3.23. The number of nitrogens with one attached hydrogen (secondary N) is 2. The van der Waals surface area contributed by atoms with Crippen molar-refractivity contribution in [2.75, 3.05) is 29.7 Å². The zero-order chi connectivity index (χ0) is 16.9. The second-order valence-corrected chi connectivity index (χ2v) is 7.76. The van der Waals surface area contributed by atoms with Gasteiger partial charge in [-0.3, -0.25) is 4.79 Å². The molecule has 0 saturated heterocycles. The summed E-state index contributed by atoms with van der Waals surface area (Å²) in [6.07, 6.45) is 3.12. The molecule has 0 bridgehead atoms. The van der Waals surface area contributed by atoms with Crippen molar-refractivity contribution < 1.29 is 13.2 Å². The van der Waals surface area contributed by atoms with Gasteiger partial charge in [0, 0.05) is 22.5 Å². The molecule has 5 nitrogen and oxygen atoms in total. The van der Waals surface area contributed by atoms with Gasteiger partial charge < -0.3 is 10.6 Å². The third kappa shape index (κ3) is 5.01. The van der Waals surface area contributed by atoms with E-state index >= 15 is 0 Å². The van der Waals surface area contributed by atoms with Gasteiger partial charge in [0.15, 0.2) is 9.84 Å². The van der Waals surface area contributed by atoms with E-state index < -0.39 is 9.84 Å². The summed E-state index contributed by atoms with van der Waals surface area (Å²) in [6.45, 7) is 0.130. The number of rotatable bonds is 6. The number of sulfone groups is 1. The molecule has 0 saturated carbocycles. The van der Waals surface area contributed by atoms with Gasteiger partial charge >= 0.3 is 0 Å². The van der Waals surface area contributed by atoms with Gasteiger partial charge in [0.2, 0.25) is 5.91 Å². The lowest BCUT2D eigenvalue weighted by Gasteiger charge is -2.11. The van der Waals surface area contributed by atoms with Crippen LogP contribution in [-0.2, 0) is 14.6 Å². The monoisotopic (exact) mass is 350 g/mol. The highest BCUT2D eigenvalue weighted by molar-refractivity contribution is 7.98. The van der Waals surface area contributed by atoms with Crippen molar-refractivity contribution in [1.29, 1.82) is 0 Å². The van der Waals surface area contributed by atoms with E-state index in [0.717, 1.165) is 16.8 Å². The first kappa shape index (κ1) is 17.4. The first-order valence-corrected chi connectivity index (χ1v) is 9.98. The number of benzene rings is 2. The van der Waals surface area contributed by atoms with Crippen molar-refractivity contribution in [2.24, 2.45) is 0 Å². The fourth-order valence-electron chi connectivity index (χ4n) is 1.96. The Morgan fingerprint density at radius 2 is 1.74 bits per heavy atom. The summed E-state index contributed by atoms with van der Waals surface area (Å²) in [6, 6.07) is 13.8. The van der Waals surface area contributed by atoms with E-state index in [0.29, 0.717) is 5.69 Å². The van der Waals surface area contributed by atoms with Crippen molar-refractivity contribution in [3.63, 3.8) is 0 Å². The van der Waals surface area contributed by atoms with Gasteiger partial charge in [-0.1, -0.05) is 12.1 Å². The Labute approximate surface area is 140 Å².